The number of aromatic nitrogens is 4. The van der Waals surface area contributed by atoms with Gasteiger partial charge < -0.3 is 19.8 Å². The Bertz CT molecular complexity index is 1340. The van der Waals surface area contributed by atoms with Gasteiger partial charge in [-0.05, 0) is 75.7 Å². The van der Waals surface area contributed by atoms with Crippen LogP contribution in [0.1, 0.15) is 61.6 Å². The summed E-state index contributed by atoms with van der Waals surface area (Å²) in [5.74, 6) is 0. The first kappa shape index (κ1) is 24.7. The van der Waals surface area contributed by atoms with Crippen LogP contribution in [0.25, 0.3) is 22.1 Å². The SMILES string of the molecule is CN(C)Cc1cc2cc3nc(cc4[nH]c(cc5nc(cc1[nH]2)CC5(C)C)cc4CN(C)C)CC3(C)C. The van der Waals surface area contributed by atoms with Crippen LogP contribution in [0.2, 0.25) is 0 Å². The minimum Gasteiger partial charge on any atom is -0.355 e. The normalized spacial score (nSPS) is 16.7. The molecule has 0 saturated carbocycles. The van der Waals surface area contributed by atoms with Crippen molar-refractivity contribution in [3.8, 4) is 0 Å². The minimum absolute atomic E-state index is 0.0250. The first-order chi connectivity index (χ1) is 16.9. The molecule has 0 amide bonds. The number of aromatic amines is 2. The molecule has 2 N–H and O–H groups in total. The van der Waals surface area contributed by atoms with Gasteiger partial charge in [-0.15, -0.1) is 0 Å². The Morgan fingerprint density at radius 1 is 0.639 bits per heavy atom. The number of fused-ring (bicyclic) bond motifs is 8. The zero-order valence-electron chi connectivity index (χ0n) is 23.1. The molecule has 2 aliphatic rings. The van der Waals surface area contributed by atoms with Crippen molar-refractivity contribution in [1.82, 2.24) is 29.7 Å². The third-order valence-corrected chi connectivity index (χ3v) is 7.25. The van der Waals surface area contributed by atoms with Crippen LogP contribution in [0.5, 0.6) is 0 Å². The van der Waals surface area contributed by atoms with Gasteiger partial charge in [0.25, 0.3) is 0 Å². The Labute approximate surface area is 214 Å². The molecule has 0 spiro atoms. The molecule has 5 heterocycles. The van der Waals surface area contributed by atoms with E-state index < -0.39 is 0 Å². The predicted octanol–water partition coefficient (Wildman–Crippen LogP) is 5.48. The van der Waals surface area contributed by atoms with Crippen LogP contribution in [-0.4, -0.2) is 57.9 Å². The minimum atomic E-state index is -0.0250. The quantitative estimate of drug-likeness (QED) is 0.515. The number of nitrogens with zero attached hydrogens (tertiary/aromatic N) is 4. The lowest BCUT2D eigenvalue weighted by Crippen LogP contribution is -2.15. The van der Waals surface area contributed by atoms with Gasteiger partial charge in [0.1, 0.15) is 0 Å². The van der Waals surface area contributed by atoms with E-state index in [-0.39, 0.29) is 10.8 Å². The molecule has 190 valence electrons. The summed E-state index contributed by atoms with van der Waals surface area (Å²) in [7, 11) is 8.46. The molecule has 0 aromatic carbocycles. The van der Waals surface area contributed by atoms with Gasteiger partial charge in [-0.25, -0.2) is 0 Å². The molecule has 6 heteroatoms. The standard InChI is InChI=1S/C30H40N6/c1-29(2)15-23-11-25-20(18-36(7)8)10-22(32-25)14-28-30(3,4)16-24(34-28)12-26-19(17-35(5)6)9-21(31-26)13-27(29)33-23/h9-14,31-32H,15-18H2,1-8H3. The Hall–Kier alpha value is -2.96. The number of rotatable bonds is 4. The molecule has 0 aliphatic carbocycles. The van der Waals surface area contributed by atoms with Crippen molar-refractivity contribution >= 4 is 22.1 Å². The summed E-state index contributed by atoms with van der Waals surface area (Å²) in [6, 6.07) is 13.5. The Kier molecular flexibility index (Phi) is 6.08. The van der Waals surface area contributed by atoms with E-state index in [9.17, 15) is 0 Å². The number of nitrogens with one attached hydrogen (secondary N) is 2. The maximum Gasteiger partial charge on any atom is 0.0487 e. The topological polar surface area (TPSA) is 63.8 Å². The number of hydrogen-bond acceptors (Lipinski definition) is 4. The molecular weight excluding hydrogens is 444 g/mol. The number of H-pyrrole nitrogens is 2. The van der Waals surface area contributed by atoms with Gasteiger partial charge in [-0.3, -0.25) is 9.97 Å². The van der Waals surface area contributed by atoms with Crippen molar-refractivity contribution in [2.45, 2.75) is 64.5 Å². The van der Waals surface area contributed by atoms with Gasteiger partial charge in [-0.1, -0.05) is 27.7 Å². The maximum atomic E-state index is 5.12. The van der Waals surface area contributed by atoms with E-state index in [2.05, 4.69) is 112 Å². The Morgan fingerprint density at radius 2 is 1.03 bits per heavy atom. The Balaban J connectivity index is 1.85. The van der Waals surface area contributed by atoms with Crippen LogP contribution in [0.3, 0.4) is 0 Å². The lowest BCUT2D eigenvalue weighted by molar-refractivity contribution is 0.404. The highest BCUT2D eigenvalue weighted by molar-refractivity contribution is 5.68. The summed E-state index contributed by atoms with van der Waals surface area (Å²) >= 11 is 0. The second-order valence-electron chi connectivity index (χ2n) is 12.5. The van der Waals surface area contributed by atoms with Crippen LogP contribution in [0, 0.1) is 0 Å². The van der Waals surface area contributed by atoms with Crippen molar-refractivity contribution in [3.63, 3.8) is 0 Å². The van der Waals surface area contributed by atoms with Gasteiger partial charge in [-0.2, -0.15) is 0 Å². The zero-order chi connectivity index (χ0) is 25.8. The summed E-state index contributed by atoms with van der Waals surface area (Å²) in [6.07, 6.45) is 1.83. The first-order valence-electron chi connectivity index (χ1n) is 12.9. The summed E-state index contributed by atoms with van der Waals surface area (Å²) in [4.78, 5) is 22.0. The highest BCUT2D eigenvalue weighted by atomic mass is 15.1. The van der Waals surface area contributed by atoms with Crippen LogP contribution >= 0.6 is 0 Å². The van der Waals surface area contributed by atoms with Crippen LogP contribution in [-0.2, 0) is 36.8 Å². The van der Waals surface area contributed by atoms with Gasteiger partial charge in [0.15, 0.2) is 0 Å². The molecule has 3 aromatic rings. The summed E-state index contributed by atoms with van der Waals surface area (Å²) in [6.45, 7) is 10.9. The van der Waals surface area contributed by atoms with Crippen molar-refractivity contribution in [1.29, 1.82) is 0 Å². The summed E-state index contributed by atoms with van der Waals surface area (Å²) in [5.41, 5.74) is 11.5. The fraction of sp³-hybridized carbons (Fsp3) is 0.467. The molecule has 36 heavy (non-hydrogen) atoms. The van der Waals surface area contributed by atoms with Crippen molar-refractivity contribution in [2.75, 3.05) is 28.2 Å². The predicted molar refractivity (Wildman–Crippen MR) is 149 cm³/mol. The van der Waals surface area contributed by atoms with Gasteiger partial charge >= 0.3 is 0 Å². The third-order valence-electron chi connectivity index (χ3n) is 7.25. The Morgan fingerprint density at radius 3 is 1.39 bits per heavy atom. The average molecular weight is 485 g/mol. The van der Waals surface area contributed by atoms with Gasteiger partial charge in [0.05, 0.1) is 0 Å². The van der Waals surface area contributed by atoms with Gasteiger partial charge in [0, 0.05) is 81.6 Å². The van der Waals surface area contributed by atoms with E-state index in [0.717, 1.165) is 70.8 Å². The molecule has 8 bridgehead atoms. The molecule has 5 rings (SSSR count). The molecule has 0 saturated heterocycles. The zero-order valence-corrected chi connectivity index (χ0v) is 23.1. The van der Waals surface area contributed by atoms with Crippen molar-refractivity contribution in [2.24, 2.45) is 0 Å². The lowest BCUT2D eigenvalue weighted by Gasteiger charge is -2.15. The van der Waals surface area contributed by atoms with Gasteiger partial charge in [0.2, 0.25) is 0 Å². The lowest BCUT2D eigenvalue weighted by atomic mass is 9.87. The highest BCUT2D eigenvalue weighted by Gasteiger charge is 2.30. The molecule has 0 fully saturated rings. The summed E-state index contributed by atoms with van der Waals surface area (Å²) < 4.78 is 0. The number of hydrogen-bond donors (Lipinski definition) is 2. The molecule has 0 radical (unpaired) electrons. The van der Waals surface area contributed by atoms with E-state index >= 15 is 0 Å². The second kappa shape index (κ2) is 8.86. The molecule has 2 aliphatic heterocycles. The largest absolute Gasteiger partial charge is 0.355 e. The van der Waals surface area contributed by atoms with E-state index in [1.807, 2.05) is 0 Å². The molecular formula is C30H40N6. The monoisotopic (exact) mass is 484 g/mol. The average Bonchev–Trinajstić information content (AvgIpc) is 3.42. The van der Waals surface area contributed by atoms with E-state index in [4.69, 9.17) is 9.97 Å². The third kappa shape index (κ3) is 4.97. The first-order valence-corrected chi connectivity index (χ1v) is 12.9. The highest BCUT2D eigenvalue weighted by Crippen LogP contribution is 2.33. The van der Waals surface area contributed by atoms with E-state index in [1.54, 1.807) is 0 Å². The van der Waals surface area contributed by atoms with E-state index in [0.29, 0.717) is 0 Å². The summed E-state index contributed by atoms with van der Waals surface area (Å²) in [5, 5.41) is 0. The molecule has 3 aromatic heterocycles. The van der Waals surface area contributed by atoms with Crippen molar-refractivity contribution < 1.29 is 0 Å². The molecule has 0 unspecified atom stereocenters. The fourth-order valence-electron chi connectivity index (χ4n) is 5.46. The van der Waals surface area contributed by atoms with Crippen LogP contribution in [0.15, 0.2) is 36.4 Å². The molecule has 0 atom stereocenters. The van der Waals surface area contributed by atoms with Crippen LogP contribution in [0.4, 0.5) is 0 Å². The van der Waals surface area contributed by atoms with E-state index in [1.165, 1.54) is 11.1 Å². The maximum absolute atomic E-state index is 5.12. The second-order valence-corrected chi connectivity index (χ2v) is 12.5. The smallest absolute Gasteiger partial charge is 0.0487 e. The fourth-order valence-corrected chi connectivity index (χ4v) is 5.46. The van der Waals surface area contributed by atoms with Crippen LogP contribution < -0.4 is 0 Å². The molecule has 6 nitrogen and oxygen atoms in total. The van der Waals surface area contributed by atoms with Crippen molar-refractivity contribution in [3.05, 3.63) is 70.3 Å².